The third-order valence-electron chi connectivity index (χ3n) is 4.50. The second-order valence-corrected chi connectivity index (χ2v) is 6.34. The highest BCUT2D eigenvalue weighted by Gasteiger charge is 2.20. The van der Waals surface area contributed by atoms with Crippen molar-refractivity contribution < 1.29 is 14.2 Å². The number of pyridine rings is 1. The first-order valence-electron chi connectivity index (χ1n) is 8.72. The molecule has 0 radical (unpaired) electrons. The van der Waals surface area contributed by atoms with Crippen molar-refractivity contribution in [1.29, 1.82) is 0 Å². The van der Waals surface area contributed by atoms with Gasteiger partial charge in [-0.25, -0.2) is 0 Å². The van der Waals surface area contributed by atoms with Crippen LogP contribution in [0.5, 0.6) is 11.5 Å². The van der Waals surface area contributed by atoms with Crippen LogP contribution >= 0.6 is 0 Å². The fraction of sp³-hybridized carbons (Fsp3) is 0.450. The first-order valence-corrected chi connectivity index (χ1v) is 8.72. The molecular formula is C20H26N2O3. The first-order chi connectivity index (χ1) is 12.3. The van der Waals surface area contributed by atoms with Crippen molar-refractivity contribution >= 4 is 0 Å². The van der Waals surface area contributed by atoms with Crippen molar-refractivity contribution in [2.75, 3.05) is 27.4 Å². The molecule has 1 saturated heterocycles. The first kappa shape index (κ1) is 17.7. The van der Waals surface area contributed by atoms with Gasteiger partial charge in [-0.15, -0.1) is 0 Å². The maximum Gasteiger partial charge on any atom is 0.127 e. The Kier molecular flexibility index (Phi) is 6.25. The SMILES string of the molecule is COc1ccc(CN(Cc2cccnc2)CC2CCCO2)c(OC)c1. The average Bonchev–Trinajstić information content (AvgIpc) is 3.16. The zero-order chi connectivity index (χ0) is 17.5. The summed E-state index contributed by atoms with van der Waals surface area (Å²) in [6.07, 6.45) is 6.32. The predicted molar refractivity (Wildman–Crippen MR) is 96.9 cm³/mol. The molecule has 1 atom stereocenters. The molecule has 0 aliphatic carbocycles. The van der Waals surface area contributed by atoms with Gasteiger partial charge in [-0.3, -0.25) is 9.88 Å². The number of benzene rings is 1. The van der Waals surface area contributed by atoms with Gasteiger partial charge in [-0.2, -0.15) is 0 Å². The van der Waals surface area contributed by atoms with Gasteiger partial charge in [-0.1, -0.05) is 12.1 Å². The lowest BCUT2D eigenvalue weighted by molar-refractivity contribution is 0.0676. The van der Waals surface area contributed by atoms with E-state index in [4.69, 9.17) is 14.2 Å². The van der Waals surface area contributed by atoms with E-state index in [1.54, 1.807) is 20.4 Å². The van der Waals surface area contributed by atoms with Crippen LogP contribution in [0.4, 0.5) is 0 Å². The van der Waals surface area contributed by atoms with Gasteiger partial charge >= 0.3 is 0 Å². The Labute approximate surface area is 149 Å². The molecule has 134 valence electrons. The van der Waals surface area contributed by atoms with Gasteiger partial charge in [0, 0.05) is 50.3 Å². The molecule has 1 unspecified atom stereocenters. The molecule has 1 aliphatic rings. The number of nitrogens with zero attached hydrogens (tertiary/aromatic N) is 2. The molecule has 5 nitrogen and oxygen atoms in total. The van der Waals surface area contributed by atoms with Gasteiger partial charge in [-0.05, 0) is 30.5 Å². The summed E-state index contributed by atoms with van der Waals surface area (Å²) in [4.78, 5) is 6.63. The van der Waals surface area contributed by atoms with Crippen molar-refractivity contribution in [1.82, 2.24) is 9.88 Å². The van der Waals surface area contributed by atoms with Crippen LogP contribution in [0.2, 0.25) is 0 Å². The highest BCUT2D eigenvalue weighted by atomic mass is 16.5. The number of hydrogen-bond acceptors (Lipinski definition) is 5. The number of ether oxygens (including phenoxy) is 3. The molecule has 5 heteroatoms. The largest absolute Gasteiger partial charge is 0.497 e. The summed E-state index contributed by atoms with van der Waals surface area (Å²) in [5.74, 6) is 1.65. The zero-order valence-corrected chi connectivity index (χ0v) is 15.0. The van der Waals surface area contributed by atoms with E-state index in [0.717, 1.165) is 56.1 Å². The summed E-state index contributed by atoms with van der Waals surface area (Å²) in [7, 11) is 3.37. The van der Waals surface area contributed by atoms with Crippen molar-refractivity contribution in [3.63, 3.8) is 0 Å². The molecule has 1 fully saturated rings. The highest BCUT2D eigenvalue weighted by molar-refractivity contribution is 5.40. The second kappa shape index (κ2) is 8.83. The summed E-state index contributed by atoms with van der Waals surface area (Å²) in [5.41, 5.74) is 2.35. The Hall–Kier alpha value is -2.11. The van der Waals surface area contributed by atoms with Crippen LogP contribution < -0.4 is 9.47 Å². The van der Waals surface area contributed by atoms with Crippen molar-refractivity contribution in [2.45, 2.75) is 32.0 Å². The monoisotopic (exact) mass is 342 g/mol. The third kappa shape index (κ3) is 4.94. The molecule has 0 bridgehead atoms. The van der Waals surface area contributed by atoms with Gasteiger partial charge in [0.15, 0.2) is 0 Å². The normalized spacial score (nSPS) is 17.0. The lowest BCUT2D eigenvalue weighted by Crippen LogP contribution is -2.31. The molecule has 0 N–H and O–H groups in total. The topological polar surface area (TPSA) is 43.8 Å². The Morgan fingerprint density at radius 3 is 2.80 bits per heavy atom. The summed E-state index contributed by atoms with van der Waals surface area (Å²) < 4.78 is 16.7. The molecule has 2 heterocycles. The lowest BCUT2D eigenvalue weighted by atomic mass is 10.1. The number of hydrogen-bond donors (Lipinski definition) is 0. The van der Waals surface area contributed by atoms with E-state index in [1.165, 1.54) is 5.56 Å². The standard InChI is InChI=1S/C20H26N2O3/c1-23-18-8-7-17(20(11-18)24-2)14-22(15-19-6-4-10-25-19)13-16-5-3-9-21-12-16/h3,5,7-9,11-12,19H,4,6,10,13-15H2,1-2H3. The van der Waals surface area contributed by atoms with Gasteiger partial charge in [0.05, 0.1) is 20.3 Å². The quantitative estimate of drug-likeness (QED) is 0.737. The molecule has 1 aromatic heterocycles. The molecule has 0 saturated carbocycles. The number of methoxy groups -OCH3 is 2. The van der Waals surface area contributed by atoms with E-state index < -0.39 is 0 Å². The van der Waals surface area contributed by atoms with Crippen LogP contribution in [0, 0.1) is 0 Å². The average molecular weight is 342 g/mol. The Balaban J connectivity index is 1.76. The van der Waals surface area contributed by atoms with Crippen LogP contribution in [0.25, 0.3) is 0 Å². The minimum atomic E-state index is 0.306. The fourth-order valence-corrected chi connectivity index (χ4v) is 3.23. The molecule has 0 spiro atoms. The van der Waals surface area contributed by atoms with Gasteiger partial charge in [0.1, 0.15) is 11.5 Å². The summed E-state index contributed by atoms with van der Waals surface area (Å²) in [5, 5.41) is 0. The molecular weight excluding hydrogens is 316 g/mol. The summed E-state index contributed by atoms with van der Waals surface area (Å²) in [6, 6.07) is 10.1. The minimum Gasteiger partial charge on any atom is -0.497 e. The van der Waals surface area contributed by atoms with E-state index in [0.29, 0.717) is 6.10 Å². The molecule has 2 aromatic rings. The lowest BCUT2D eigenvalue weighted by Gasteiger charge is -2.26. The Morgan fingerprint density at radius 1 is 1.20 bits per heavy atom. The van der Waals surface area contributed by atoms with Crippen LogP contribution in [0.1, 0.15) is 24.0 Å². The molecule has 1 aliphatic heterocycles. The fourth-order valence-electron chi connectivity index (χ4n) is 3.23. The summed E-state index contributed by atoms with van der Waals surface area (Å²) in [6.45, 7) is 3.41. The number of aromatic nitrogens is 1. The summed E-state index contributed by atoms with van der Waals surface area (Å²) >= 11 is 0. The Morgan fingerprint density at radius 2 is 2.12 bits per heavy atom. The van der Waals surface area contributed by atoms with E-state index in [9.17, 15) is 0 Å². The third-order valence-corrected chi connectivity index (χ3v) is 4.50. The van der Waals surface area contributed by atoms with Crippen LogP contribution in [-0.2, 0) is 17.8 Å². The van der Waals surface area contributed by atoms with Crippen LogP contribution in [0.15, 0.2) is 42.7 Å². The van der Waals surface area contributed by atoms with E-state index in [2.05, 4.69) is 22.0 Å². The van der Waals surface area contributed by atoms with Gasteiger partial charge < -0.3 is 14.2 Å². The van der Waals surface area contributed by atoms with E-state index in [-0.39, 0.29) is 0 Å². The minimum absolute atomic E-state index is 0.306. The predicted octanol–water partition coefficient (Wildman–Crippen LogP) is 3.28. The molecule has 1 aromatic carbocycles. The van der Waals surface area contributed by atoms with Crippen LogP contribution in [-0.4, -0.2) is 43.4 Å². The maximum atomic E-state index is 5.84. The number of rotatable bonds is 8. The molecule has 3 rings (SSSR count). The van der Waals surface area contributed by atoms with Gasteiger partial charge in [0.2, 0.25) is 0 Å². The van der Waals surface area contributed by atoms with Crippen molar-refractivity contribution in [3.05, 3.63) is 53.9 Å². The second-order valence-electron chi connectivity index (χ2n) is 6.34. The van der Waals surface area contributed by atoms with E-state index >= 15 is 0 Å². The van der Waals surface area contributed by atoms with Crippen LogP contribution in [0.3, 0.4) is 0 Å². The highest BCUT2D eigenvalue weighted by Crippen LogP contribution is 2.27. The zero-order valence-electron chi connectivity index (χ0n) is 15.0. The molecule has 25 heavy (non-hydrogen) atoms. The van der Waals surface area contributed by atoms with Crippen molar-refractivity contribution in [2.24, 2.45) is 0 Å². The van der Waals surface area contributed by atoms with Crippen molar-refractivity contribution in [3.8, 4) is 11.5 Å². The smallest absolute Gasteiger partial charge is 0.127 e. The van der Waals surface area contributed by atoms with Gasteiger partial charge in [0.25, 0.3) is 0 Å². The molecule has 0 amide bonds. The maximum absolute atomic E-state index is 5.84. The Bertz CT molecular complexity index is 657. The van der Waals surface area contributed by atoms with E-state index in [1.807, 2.05) is 24.4 Å².